The predicted octanol–water partition coefficient (Wildman–Crippen LogP) is 13.4. The molecule has 3 nitrogen and oxygen atoms in total. The summed E-state index contributed by atoms with van der Waals surface area (Å²) in [6.07, 6.45) is 0. The summed E-state index contributed by atoms with van der Waals surface area (Å²) in [7, 11) is 0. The number of ether oxygens (including phenoxy) is 1. The van der Waals surface area contributed by atoms with Gasteiger partial charge in [0.05, 0.1) is 22.4 Å². The van der Waals surface area contributed by atoms with Gasteiger partial charge >= 0.3 is 0 Å². The smallest absolute Gasteiger partial charge is 0.152 e. The number of benzene rings is 8. The maximum Gasteiger partial charge on any atom is 0.152 e. The van der Waals surface area contributed by atoms with Crippen molar-refractivity contribution >= 4 is 38.9 Å². The average Bonchev–Trinajstić information content (AvgIpc) is 3.56. The summed E-state index contributed by atoms with van der Waals surface area (Å²) in [4.78, 5) is 2.37. The number of para-hydroxylation sites is 5. The van der Waals surface area contributed by atoms with Crippen LogP contribution in [-0.4, -0.2) is 4.57 Å². The molecule has 1 aromatic heterocycles. The van der Waals surface area contributed by atoms with E-state index in [2.05, 4.69) is 198 Å². The van der Waals surface area contributed by atoms with E-state index < -0.39 is 0 Å². The monoisotopic (exact) mass is 652 g/mol. The lowest BCUT2D eigenvalue weighted by atomic mass is 9.96. The van der Waals surface area contributed by atoms with Crippen LogP contribution in [0.5, 0.6) is 11.5 Å². The SMILES string of the molecule is c1ccc(-c2ccc(N(c3ccccc3)c3ccc(-c4cccc5c6cccc7c6n(c45)-c4ccccc4O7)cc3)c(-c3ccccc3)c2)cc1. The molecule has 0 saturated heterocycles. The normalized spacial score (nSPS) is 11.7. The number of aromatic nitrogens is 1. The fourth-order valence-corrected chi connectivity index (χ4v) is 7.67. The lowest BCUT2D eigenvalue weighted by Crippen LogP contribution is -2.11. The molecule has 1 aliphatic rings. The number of hydrogen-bond donors (Lipinski definition) is 0. The Bertz CT molecular complexity index is 2700. The Labute approximate surface area is 296 Å². The van der Waals surface area contributed by atoms with Crippen molar-refractivity contribution in [1.82, 2.24) is 4.57 Å². The van der Waals surface area contributed by atoms with Crippen molar-refractivity contribution in [2.24, 2.45) is 0 Å². The van der Waals surface area contributed by atoms with Crippen molar-refractivity contribution in [3.63, 3.8) is 0 Å². The predicted molar refractivity (Wildman–Crippen MR) is 212 cm³/mol. The molecule has 0 unspecified atom stereocenters. The van der Waals surface area contributed by atoms with Crippen LogP contribution >= 0.6 is 0 Å². The highest BCUT2D eigenvalue weighted by atomic mass is 16.5. The van der Waals surface area contributed by atoms with Crippen LogP contribution in [0.3, 0.4) is 0 Å². The molecular weight excluding hydrogens is 621 g/mol. The van der Waals surface area contributed by atoms with Gasteiger partial charge in [-0.3, -0.25) is 0 Å². The summed E-state index contributed by atoms with van der Waals surface area (Å²) in [5, 5.41) is 2.41. The standard InChI is InChI=1S/C48H32N2O/c1-4-14-33(15-5-1)36-28-31-43(42(32-36)34-16-6-2-7-17-34)49(37-18-8-3-9-19-37)38-29-26-35(27-30-38)39-20-12-21-40-41-22-13-25-46-48(41)50(47(39)40)44-23-10-11-24-45(44)51-46/h1-32H. The molecule has 0 saturated carbocycles. The molecule has 0 N–H and O–H groups in total. The number of rotatable bonds is 6. The number of nitrogens with zero attached hydrogens (tertiary/aromatic N) is 2. The fourth-order valence-electron chi connectivity index (χ4n) is 7.67. The molecule has 0 bridgehead atoms. The molecule has 0 spiro atoms. The van der Waals surface area contributed by atoms with Crippen LogP contribution in [-0.2, 0) is 0 Å². The van der Waals surface area contributed by atoms with Crippen LogP contribution in [0, 0.1) is 0 Å². The fraction of sp³-hybridized carbons (Fsp3) is 0. The van der Waals surface area contributed by atoms with Crippen LogP contribution in [0.4, 0.5) is 17.1 Å². The Morgan fingerprint density at radius 1 is 0.373 bits per heavy atom. The minimum Gasteiger partial charge on any atom is -0.453 e. The van der Waals surface area contributed by atoms with E-state index >= 15 is 0 Å². The minimum absolute atomic E-state index is 0.867. The number of fused-ring (bicyclic) bond motifs is 5. The van der Waals surface area contributed by atoms with Crippen molar-refractivity contribution in [3.05, 3.63) is 194 Å². The van der Waals surface area contributed by atoms with E-state index in [0.717, 1.165) is 45.3 Å². The summed E-state index contributed by atoms with van der Waals surface area (Å²) in [6, 6.07) is 69.1. The van der Waals surface area contributed by atoms with E-state index in [0.29, 0.717) is 0 Å². The maximum atomic E-state index is 6.40. The highest BCUT2D eigenvalue weighted by Crippen LogP contribution is 2.48. The third kappa shape index (κ3) is 4.82. The third-order valence-corrected chi connectivity index (χ3v) is 9.98. The molecule has 0 atom stereocenters. The van der Waals surface area contributed by atoms with Crippen molar-refractivity contribution in [1.29, 1.82) is 0 Å². The molecular formula is C48H32N2O. The molecule has 0 aliphatic carbocycles. The first kappa shape index (κ1) is 29.1. The summed E-state index contributed by atoms with van der Waals surface area (Å²) in [5.74, 6) is 1.75. The first-order chi connectivity index (χ1) is 25.3. The molecule has 51 heavy (non-hydrogen) atoms. The van der Waals surface area contributed by atoms with Gasteiger partial charge in [0, 0.05) is 33.3 Å². The van der Waals surface area contributed by atoms with Gasteiger partial charge in [-0.1, -0.05) is 140 Å². The maximum absolute atomic E-state index is 6.40. The number of anilines is 3. The van der Waals surface area contributed by atoms with E-state index in [9.17, 15) is 0 Å². The Morgan fingerprint density at radius 3 is 1.71 bits per heavy atom. The Morgan fingerprint density at radius 2 is 0.941 bits per heavy atom. The molecule has 240 valence electrons. The second-order valence-electron chi connectivity index (χ2n) is 12.9. The van der Waals surface area contributed by atoms with Crippen LogP contribution in [0.15, 0.2) is 194 Å². The molecule has 8 aromatic carbocycles. The molecule has 1 aliphatic heterocycles. The van der Waals surface area contributed by atoms with E-state index in [1.165, 1.54) is 44.1 Å². The summed E-state index contributed by atoms with van der Waals surface area (Å²) in [5.41, 5.74) is 13.7. The molecule has 3 heteroatoms. The van der Waals surface area contributed by atoms with Gasteiger partial charge in [-0.15, -0.1) is 0 Å². The lowest BCUT2D eigenvalue weighted by Gasteiger charge is -2.28. The average molecular weight is 653 g/mol. The van der Waals surface area contributed by atoms with E-state index in [4.69, 9.17) is 4.74 Å². The highest BCUT2D eigenvalue weighted by molar-refractivity contribution is 6.16. The second-order valence-corrected chi connectivity index (χ2v) is 12.9. The quantitative estimate of drug-likeness (QED) is 0.178. The highest BCUT2D eigenvalue weighted by Gasteiger charge is 2.25. The van der Waals surface area contributed by atoms with Gasteiger partial charge in [-0.25, -0.2) is 0 Å². The Hall–Kier alpha value is -6.84. The Kier molecular flexibility index (Phi) is 6.81. The zero-order valence-corrected chi connectivity index (χ0v) is 27.8. The molecule has 0 radical (unpaired) electrons. The minimum atomic E-state index is 0.867. The molecule has 9 aromatic rings. The van der Waals surface area contributed by atoms with Crippen molar-refractivity contribution in [3.8, 4) is 50.6 Å². The van der Waals surface area contributed by atoms with Crippen LogP contribution in [0.1, 0.15) is 0 Å². The largest absolute Gasteiger partial charge is 0.453 e. The van der Waals surface area contributed by atoms with Gasteiger partial charge in [0.2, 0.25) is 0 Å². The lowest BCUT2D eigenvalue weighted by molar-refractivity contribution is 0.476. The van der Waals surface area contributed by atoms with Crippen molar-refractivity contribution in [2.75, 3.05) is 4.90 Å². The third-order valence-electron chi connectivity index (χ3n) is 9.98. The van der Waals surface area contributed by atoms with E-state index in [-0.39, 0.29) is 0 Å². The first-order valence-corrected chi connectivity index (χ1v) is 17.4. The van der Waals surface area contributed by atoms with Crippen LogP contribution in [0.2, 0.25) is 0 Å². The van der Waals surface area contributed by atoms with Crippen LogP contribution < -0.4 is 9.64 Å². The summed E-state index contributed by atoms with van der Waals surface area (Å²) >= 11 is 0. The second kappa shape index (κ2) is 11.9. The van der Waals surface area contributed by atoms with Gasteiger partial charge in [-0.05, 0) is 76.9 Å². The molecule has 0 amide bonds. The van der Waals surface area contributed by atoms with Gasteiger partial charge in [0.15, 0.2) is 11.5 Å². The van der Waals surface area contributed by atoms with E-state index in [1.807, 2.05) is 6.07 Å². The Balaban J connectivity index is 1.15. The first-order valence-electron chi connectivity index (χ1n) is 17.4. The van der Waals surface area contributed by atoms with Gasteiger partial charge in [0.1, 0.15) is 0 Å². The van der Waals surface area contributed by atoms with Gasteiger partial charge < -0.3 is 14.2 Å². The van der Waals surface area contributed by atoms with Gasteiger partial charge in [0.25, 0.3) is 0 Å². The van der Waals surface area contributed by atoms with E-state index in [1.54, 1.807) is 0 Å². The summed E-state index contributed by atoms with van der Waals surface area (Å²) in [6.45, 7) is 0. The number of hydrogen-bond acceptors (Lipinski definition) is 2. The summed E-state index contributed by atoms with van der Waals surface area (Å²) < 4.78 is 8.79. The zero-order valence-electron chi connectivity index (χ0n) is 27.8. The zero-order chi connectivity index (χ0) is 33.7. The molecule has 0 fully saturated rings. The molecule has 10 rings (SSSR count). The topological polar surface area (TPSA) is 17.4 Å². The molecule has 2 heterocycles. The van der Waals surface area contributed by atoms with Crippen LogP contribution in [0.25, 0.3) is 60.9 Å². The van der Waals surface area contributed by atoms with Gasteiger partial charge in [-0.2, -0.15) is 0 Å². The van der Waals surface area contributed by atoms with Crippen molar-refractivity contribution in [2.45, 2.75) is 0 Å². The van der Waals surface area contributed by atoms with Crippen molar-refractivity contribution < 1.29 is 4.74 Å².